The van der Waals surface area contributed by atoms with Crippen LogP contribution in [0.4, 0.5) is 14.9 Å². The molecule has 1 saturated heterocycles. The molecule has 1 fully saturated rings. The van der Waals surface area contributed by atoms with Crippen LogP contribution in [0.15, 0.2) is 66.9 Å². The maximum Gasteiger partial charge on any atom is 0.410 e. The highest BCUT2D eigenvalue weighted by Gasteiger charge is 2.35. The van der Waals surface area contributed by atoms with Gasteiger partial charge in [-0.2, -0.15) is 0 Å². The number of amides is 2. The van der Waals surface area contributed by atoms with E-state index in [9.17, 15) is 14.0 Å². The number of hydrogen-bond donors (Lipinski definition) is 0. The number of benzene rings is 2. The first-order valence-corrected chi connectivity index (χ1v) is 13.2. The van der Waals surface area contributed by atoms with Gasteiger partial charge in [-0.3, -0.25) is 14.7 Å². The minimum absolute atomic E-state index is 0.0367. The van der Waals surface area contributed by atoms with E-state index in [0.717, 1.165) is 36.4 Å². The van der Waals surface area contributed by atoms with Crippen molar-refractivity contribution in [3.8, 4) is 11.3 Å². The molecule has 0 bridgehead atoms. The molecule has 3 aromatic rings. The summed E-state index contributed by atoms with van der Waals surface area (Å²) in [7, 11) is 1.74. The van der Waals surface area contributed by atoms with Crippen molar-refractivity contribution >= 4 is 17.7 Å². The van der Waals surface area contributed by atoms with Crippen LogP contribution in [0.2, 0.25) is 0 Å². The third kappa shape index (κ3) is 7.00. The van der Waals surface area contributed by atoms with E-state index in [4.69, 9.17) is 4.74 Å². The minimum Gasteiger partial charge on any atom is -0.444 e. The van der Waals surface area contributed by atoms with Crippen molar-refractivity contribution in [2.24, 2.45) is 0 Å². The first-order valence-electron chi connectivity index (χ1n) is 13.2. The van der Waals surface area contributed by atoms with Crippen molar-refractivity contribution in [3.63, 3.8) is 0 Å². The molecule has 0 saturated carbocycles. The van der Waals surface area contributed by atoms with Gasteiger partial charge in [0.1, 0.15) is 11.4 Å². The first kappa shape index (κ1) is 28.2. The van der Waals surface area contributed by atoms with Crippen molar-refractivity contribution in [2.75, 3.05) is 25.0 Å². The van der Waals surface area contributed by atoms with Gasteiger partial charge in [-0.05, 0) is 88.7 Å². The lowest BCUT2D eigenvalue weighted by Crippen LogP contribution is -2.59. The summed E-state index contributed by atoms with van der Waals surface area (Å²) in [4.78, 5) is 35.9. The Morgan fingerprint density at radius 2 is 1.59 bits per heavy atom. The van der Waals surface area contributed by atoms with Gasteiger partial charge in [0.15, 0.2) is 0 Å². The van der Waals surface area contributed by atoms with Gasteiger partial charge in [-0.1, -0.05) is 12.1 Å². The van der Waals surface area contributed by atoms with Crippen LogP contribution < -0.4 is 4.90 Å². The third-order valence-electron chi connectivity index (χ3n) is 6.78. The molecule has 2 heterocycles. The molecule has 1 aromatic heterocycles. The fraction of sp³-hybridized carbons (Fsp3) is 0.387. The van der Waals surface area contributed by atoms with Gasteiger partial charge < -0.3 is 14.5 Å². The Hall–Kier alpha value is -3.78. The number of ether oxygens (including phenoxy) is 1. The van der Waals surface area contributed by atoms with Gasteiger partial charge in [0.2, 0.25) is 0 Å². The van der Waals surface area contributed by atoms with Crippen molar-refractivity contribution in [2.45, 2.75) is 58.8 Å². The molecule has 0 unspecified atom stereocenters. The Labute approximate surface area is 230 Å². The third-order valence-corrected chi connectivity index (χ3v) is 6.78. The summed E-state index contributed by atoms with van der Waals surface area (Å²) >= 11 is 0. The van der Waals surface area contributed by atoms with Crippen molar-refractivity contribution < 1.29 is 18.7 Å². The van der Waals surface area contributed by atoms with Crippen LogP contribution in [0.5, 0.6) is 0 Å². The summed E-state index contributed by atoms with van der Waals surface area (Å²) in [6, 6.07) is 17.6. The van der Waals surface area contributed by atoms with Gasteiger partial charge in [-0.25, -0.2) is 9.18 Å². The molecule has 4 rings (SSSR count). The summed E-state index contributed by atoms with van der Waals surface area (Å²) in [6.45, 7) is 12.0. The molecule has 1 aliphatic rings. The Morgan fingerprint density at radius 1 is 0.974 bits per heavy atom. The number of rotatable bonds is 5. The molecule has 2 atom stereocenters. The van der Waals surface area contributed by atoms with Crippen molar-refractivity contribution in [3.05, 3.63) is 83.8 Å². The maximum atomic E-state index is 13.2. The quantitative estimate of drug-likeness (QED) is 0.404. The summed E-state index contributed by atoms with van der Waals surface area (Å²) in [5.41, 5.74) is 3.33. The Balaban J connectivity index is 1.35. The minimum atomic E-state index is -0.520. The van der Waals surface area contributed by atoms with E-state index in [1.54, 1.807) is 42.4 Å². The fourth-order valence-electron chi connectivity index (χ4n) is 4.94. The predicted molar refractivity (Wildman–Crippen MR) is 151 cm³/mol. The topological polar surface area (TPSA) is 66.0 Å². The van der Waals surface area contributed by atoms with Crippen LogP contribution >= 0.6 is 0 Å². The number of carbonyl (C=O) groups is 2. The van der Waals surface area contributed by atoms with E-state index >= 15 is 0 Å². The largest absolute Gasteiger partial charge is 0.444 e. The molecule has 2 amide bonds. The lowest BCUT2D eigenvalue weighted by Gasteiger charge is -2.44. The van der Waals surface area contributed by atoms with E-state index in [2.05, 4.69) is 23.7 Å². The van der Waals surface area contributed by atoms with E-state index in [1.165, 1.54) is 12.1 Å². The molecule has 206 valence electrons. The zero-order chi connectivity index (χ0) is 28.3. The zero-order valence-electron chi connectivity index (χ0n) is 23.5. The highest BCUT2D eigenvalue weighted by molar-refractivity contribution is 6.05. The standard InChI is InChI=1S/C31H37FN4O3/c1-21-18-35(19-22(2)36(21)30(38)39-31(3,4)5)20-23-7-14-27(15-8-23)34(6)29(37)25-11-16-28(33-17-25)24-9-12-26(32)13-10-24/h7-17,21-22H,18-20H2,1-6H3/t21-,22+. The van der Waals surface area contributed by atoms with Crippen LogP contribution in [-0.2, 0) is 11.3 Å². The molecule has 0 N–H and O–H groups in total. The van der Waals surface area contributed by atoms with Crippen LogP contribution in [0.3, 0.4) is 0 Å². The lowest BCUT2D eigenvalue weighted by atomic mass is 10.1. The number of pyridine rings is 1. The van der Waals surface area contributed by atoms with E-state index in [1.807, 2.05) is 49.9 Å². The molecule has 2 aromatic carbocycles. The summed E-state index contributed by atoms with van der Waals surface area (Å²) in [5, 5.41) is 0. The van der Waals surface area contributed by atoms with Crippen LogP contribution in [0.1, 0.15) is 50.5 Å². The number of hydrogen-bond acceptors (Lipinski definition) is 5. The number of piperazine rings is 1. The van der Waals surface area contributed by atoms with Crippen LogP contribution in [0.25, 0.3) is 11.3 Å². The Kier molecular flexibility index (Phi) is 8.35. The van der Waals surface area contributed by atoms with Gasteiger partial charge in [0.05, 0.1) is 11.3 Å². The second-order valence-electron chi connectivity index (χ2n) is 11.2. The Bertz CT molecular complexity index is 1280. The summed E-state index contributed by atoms with van der Waals surface area (Å²) in [5.74, 6) is -0.468. The number of aromatic nitrogens is 1. The molecule has 39 heavy (non-hydrogen) atoms. The average molecular weight is 533 g/mol. The van der Waals surface area contributed by atoms with E-state index < -0.39 is 5.60 Å². The molecule has 0 aliphatic carbocycles. The molecule has 1 aliphatic heterocycles. The second-order valence-corrected chi connectivity index (χ2v) is 11.2. The van der Waals surface area contributed by atoms with E-state index in [0.29, 0.717) is 11.3 Å². The molecular weight excluding hydrogens is 495 g/mol. The van der Waals surface area contributed by atoms with E-state index in [-0.39, 0.29) is 29.9 Å². The molecule has 0 radical (unpaired) electrons. The number of halogens is 1. The second kappa shape index (κ2) is 11.5. The van der Waals surface area contributed by atoms with Crippen molar-refractivity contribution in [1.29, 1.82) is 0 Å². The molecule has 0 spiro atoms. The van der Waals surface area contributed by atoms with Gasteiger partial charge in [-0.15, -0.1) is 0 Å². The predicted octanol–water partition coefficient (Wildman–Crippen LogP) is 5.99. The highest BCUT2D eigenvalue weighted by Crippen LogP contribution is 2.23. The van der Waals surface area contributed by atoms with Gasteiger partial charge >= 0.3 is 6.09 Å². The normalized spacial score (nSPS) is 18.1. The smallest absolute Gasteiger partial charge is 0.410 e. The maximum absolute atomic E-state index is 13.2. The first-order chi connectivity index (χ1) is 18.4. The lowest BCUT2D eigenvalue weighted by molar-refractivity contribution is -0.0162. The molecular formula is C31H37FN4O3. The number of nitrogens with zero attached hydrogens (tertiary/aromatic N) is 4. The summed E-state index contributed by atoms with van der Waals surface area (Å²) < 4.78 is 18.8. The average Bonchev–Trinajstić information content (AvgIpc) is 2.87. The number of carbonyl (C=O) groups excluding carboxylic acids is 2. The summed E-state index contributed by atoms with van der Waals surface area (Å²) in [6.07, 6.45) is 1.28. The van der Waals surface area contributed by atoms with Crippen LogP contribution in [-0.4, -0.2) is 64.6 Å². The van der Waals surface area contributed by atoms with Crippen LogP contribution in [0, 0.1) is 5.82 Å². The zero-order valence-corrected chi connectivity index (χ0v) is 23.5. The van der Waals surface area contributed by atoms with Gasteiger partial charge in [0.25, 0.3) is 5.91 Å². The SMILES string of the molecule is C[C@@H]1CN(Cc2ccc(N(C)C(=O)c3ccc(-c4ccc(F)cc4)nc3)cc2)C[C@H](C)N1C(=O)OC(C)(C)C. The molecule has 8 heteroatoms. The van der Waals surface area contributed by atoms with Gasteiger partial charge in [0, 0.05) is 56.2 Å². The Morgan fingerprint density at radius 3 is 2.13 bits per heavy atom. The fourth-order valence-corrected chi connectivity index (χ4v) is 4.94. The highest BCUT2D eigenvalue weighted by atomic mass is 19.1. The van der Waals surface area contributed by atoms with Crippen molar-refractivity contribution in [1.82, 2.24) is 14.8 Å². The monoisotopic (exact) mass is 532 g/mol. The number of anilines is 1. The molecule has 7 nitrogen and oxygen atoms in total.